The zero-order chi connectivity index (χ0) is 13.3. The highest BCUT2D eigenvalue weighted by molar-refractivity contribution is 8.01. The fraction of sp³-hybridized carbons (Fsp3) is 0.333. The van der Waals surface area contributed by atoms with Crippen LogP contribution in [-0.2, 0) is 16.1 Å². The lowest BCUT2D eigenvalue weighted by Crippen LogP contribution is -2.46. The van der Waals surface area contributed by atoms with E-state index in [4.69, 9.17) is 11.5 Å². The van der Waals surface area contributed by atoms with Crippen LogP contribution in [0.5, 0.6) is 0 Å². The van der Waals surface area contributed by atoms with E-state index < -0.39 is 0 Å². The normalized spacial score (nSPS) is 18.7. The van der Waals surface area contributed by atoms with Gasteiger partial charge in [0.05, 0.1) is 17.5 Å². The zero-order valence-corrected chi connectivity index (χ0v) is 10.9. The summed E-state index contributed by atoms with van der Waals surface area (Å²) in [6.07, 6.45) is 0. The number of benzene rings is 1. The molecule has 2 amide bonds. The molecule has 0 saturated carbocycles. The number of nitrogens with zero attached hydrogens (tertiary/aromatic N) is 1. The first-order valence-corrected chi connectivity index (χ1v) is 6.53. The highest BCUT2D eigenvalue weighted by Gasteiger charge is 2.34. The van der Waals surface area contributed by atoms with E-state index in [9.17, 15) is 9.59 Å². The van der Waals surface area contributed by atoms with Crippen LogP contribution in [0.1, 0.15) is 12.5 Å². The van der Waals surface area contributed by atoms with Gasteiger partial charge in [-0.1, -0.05) is 6.07 Å². The zero-order valence-electron chi connectivity index (χ0n) is 10.1. The molecule has 0 bridgehead atoms. The third-order valence-corrected chi connectivity index (χ3v) is 3.95. The van der Waals surface area contributed by atoms with Gasteiger partial charge in [0.25, 0.3) is 0 Å². The molecule has 0 aromatic heterocycles. The summed E-state index contributed by atoms with van der Waals surface area (Å²) in [4.78, 5) is 26.0. The molecule has 0 saturated heterocycles. The first-order valence-electron chi connectivity index (χ1n) is 5.65. The van der Waals surface area contributed by atoms with Crippen molar-refractivity contribution in [3.8, 4) is 0 Å². The molecule has 0 spiro atoms. The summed E-state index contributed by atoms with van der Waals surface area (Å²) in [6, 6.07) is 5.57. The average Bonchev–Trinajstić information content (AvgIpc) is 2.39. The van der Waals surface area contributed by atoms with Crippen molar-refractivity contribution in [3.05, 3.63) is 23.8 Å². The molecular weight excluding hydrogens is 250 g/mol. The Hall–Kier alpha value is -1.37. The number of anilines is 1. The molecule has 2 rings (SSSR count). The Morgan fingerprint density at radius 1 is 1.44 bits per heavy atom. The number of rotatable bonds is 2. The van der Waals surface area contributed by atoms with Crippen molar-refractivity contribution in [2.75, 3.05) is 11.4 Å². The summed E-state index contributed by atoms with van der Waals surface area (Å²) in [6.45, 7) is 1.96. The van der Waals surface area contributed by atoms with Gasteiger partial charge < -0.3 is 11.5 Å². The van der Waals surface area contributed by atoms with Gasteiger partial charge in [0, 0.05) is 11.4 Å². The fourth-order valence-electron chi connectivity index (χ4n) is 1.85. The second-order valence-electron chi connectivity index (χ2n) is 4.04. The van der Waals surface area contributed by atoms with E-state index in [2.05, 4.69) is 0 Å². The van der Waals surface area contributed by atoms with Crippen LogP contribution in [0.2, 0.25) is 0 Å². The van der Waals surface area contributed by atoms with Crippen molar-refractivity contribution in [2.45, 2.75) is 23.6 Å². The average molecular weight is 265 g/mol. The highest BCUT2D eigenvalue weighted by atomic mass is 32.2. The molecule has 5 nitrogen and oxygen atoms in total. The third-order valence-electron chi connectivity index (χ3n) is 2.80. The molecule has 1 aliphatic heterocycles. The molecule has 1 unspecified atom stereocenters. The van der Waals surface area contributed by atoms with Crippen LogP contribution in [0.3, 0.4) is 0 Å². The summed E-state index contributed by atoms with van der Waals surface area (Å²) < 4.78 is 0. The molecule has 1 aromatic carbocycles. The highest BCUT2D eigenvalue weighted by Crippen LogP contribution is 2.39. The molecule has 1 heterocycles. The summed E-state index contributed by atoms with van der Waals surface area (Å²) in [5, 5.41) is -0.281. The molecule has 0 fully saturated rings. The van der Waals surface area contributed by atoms with E-state index in [1.807, 2.05) is 12.1 Å². The summed E-state index contributed by atoms with van der Waals surface area (Å²) >= 11 is 1.45. The van der Waals surface area contributed by atoms with Gasteiger partial charge in [0.15, 0.2) is 0 Å². The summed E-state index contributed by atoms with van der Waals surface area (Å²) in [5.41, 5.74) is 12.4. The number of hydrogen-bond donors (Lipinski definition) is 2. The van der Waals surface area contributed by atoms with E-state index in [0.29, 0.717) is 12.2 Å². The third kappa shape index (κ3) is 2.14. The number of hydrogen-bond acceptors (Lipinski definition) is 5. The number of thioether (sulfide) groups is 1. The first kappa shape index (κ1) is 13.1. The minimum Gasteiger partial charge on any atom is -0.326 e. The Labute approximate surface area is 110 Å². The van der Waals surface area contributed by atoms with Crippen LogP contribution < -0.4 is 16.4 Å². The number of amides is 2. The molecule has 1 aromatic rings. The Bertz CT molecular complexity index is 504. The predicted octanol–water partition coefficient (Wildman–Crippen LogP) is 0.458. The first-order chi connectivity index (χ1) is 8.58. The maximum absolute atomic E-state index is 12.1. The van der Waals surface area contributed by atoms with Gasteiger partial charge in [-0.25, -0.2) is 4.90 Å². The Morgan fingerprint density at radius 2 is 2.17 bits per heavy atom. The van der Waals surface area contributed by atoms with E-state index in [0.717, 1.165) is 10.5 Å². The fourth-order valence-corrected chi connectivity index (χ4v) is 2.86. The van der Waals surface area contributed by atoms with Crippen molar-refractivity contribution in [1.29, 1.82) is 0 Å². The molecule has 4 N–H and O–H groups in total. The number of fused-ring (bicyclic) bond motifs is 1. The quantitative estimate of drug-likeness (QED) is 0.810. The van der Waals surface area contributed by atoms with Gasteiger partial charge >= 0.3 is 0 Å². The van der Waals surface area contributed by atoms with E-state index in [-0.39, 0.29) is 23.6 Å². The Balaban J connectivity index is 2.53. The molecule has 6 heteroatoms. The minimum absolute atomic E-state index is 0.185. The Kier molecular flexibility index (Phi) is 3.70. The number of carbonyl (C=O) groups excluding carboxylic acids is 2. The van der Waals surface area contributed by atoms with Crippen LogP contribution in [0.25, 0.3) is 0 Å². The van der Waals surface area contributed by atoms with Gasteiger partial charge in [-0.05, 0) is 24.6 Å². The smallest absolute Gasteiger partial charge is 0.247 e. The van der Waals surface area contributed by atoms with Crippen LogP contribution >= 0.6 is 11.8 Å². The molecule has 18 heavy (non-hydrogen) atoms. The summed E-state index contributed by atoms with van der Waals surface area (Å²) in [7, 11) is 0. The number of carbonyl (C=O) groups is 2. The van der Waals surface area contributed by atoms with E-state index in [1.165, 1.54) is 16.7 Å². The van der Waals surface area contributed by atoms with Gasteiger partial charge in [-0.3, -0.25) is 9.59 Å². The molecule has 1 atom stereocenters. The van der Waals surface area contributed by atoms with Crippen molar-refractivity contribution in [1.82, 2.24) is 0 Å². The van der Waals surface area contributed by atoms with Crippen LogP contribution in [-0.4, -0.2) is 23.6 Å². The molecule has 1 aliphatic rings. The second-order valence-corrected chi connectivity index (χ2v) is 5.42. The maximum Gasteiger partial charge on any atom is 0.247 e. The monoisotopic (exact) mass is 265 g/mol. The van der Waals surface area contributed by atoms with Crippen LogP contribution in [0.4, 0.5) is 5.69 Å². The lowest BCUT2D eigenvalue weighted by Gasteiger charge is -2.30. The van der Waals surface area contributed by atoms with Crippen molar-refractivity contribution < 1.29 is 9.59 Å². The van der Waals surface area contributed by atoms with E-state index in [1.54, 1.807) is 13.0 Å². The largest absolute Gasteiger partial charge is 0.326 e. The van der Waals surface area contributed by atoms with Crippen molar-refractivity contribution >= 4 is 29.3 Å². The van der Waals surface area contributed by atoms with Crippen molar-refractivity contribution in [2.24, 2.45) is 11.5 Å². The maximum atomic E-state index is 12.1. The van der Waals surface area contributed by atoms with Gasteiger partial charge in [0.2, 0.25) is 11.8 Å². The molecule has 96 valence electrons. The lowest BCUT2D eigenvalue weighted by molar-refractivity contribution is -0.125. The molecular formula is C12H15N3O2S. The number of nitrogens with two attached hydrogens (primary N) is 2. The van der Waals surface area contributed by atoms with Crippen LogP contribution in [0.15, 0.2) is 23.1 Å². The topological polar surface area (TPSA) is 89.4 Å². The predicted molar refractivity (Wildman–Crippen MR) is 71.2 cm³/mol. The van der Waals surface area contributed by atoms with Gasteiger partial charge in [-0.2, -0.15) is 0 Å². The second kappa shape index (κ2) is 5.09. The number of imide groups is 1. The lowest BCUT2D eigenvalue weighted by atomic mass is 10.1. The molecule has 0 radical (unpaired) electrons. The Morgan fingerprint density at radius 3 is 2.78 bits per heavy atom. The molecule has 0 aliphatic carbocycles. The van der Waals surface area contributed by atoms with Crippen LogP contribution in [0, 0.1) is 0 Å². The standard InChI is InChI=1S/C12H15N3O2S/c1-7-12(17)15(11(16)6-14)9-4-8(5-13)2-3-10(9)18-7/h2-4,7H,5-6,13-14H2,1H3. The van der Waals surface area contributed by atoms with E-state index >= 15 is 0 Å². The van der Waals surface area contributed by atoms with Crippen molar-refractivity contribution in [3.63, 3.8) is 0 Å². The SMILES string of the molecule is CC1Sc2ccc(CN)cc2N(C(=O)CN)C1=O. The minimum atomic E-state index is -0.387. The van der Waals surface area contributed by atoms with Gasteiger partial charge in [-0.15, -0.1) is 11.8 Å². The summed E-state index contributed by atoms with van der Waals surface area (Å²) in [5.74, 6) is -0.611. The van der Waals surface area contributed by atoms with Gasteiger partial charge in [0.1, 0.15) is 0 Å².